The molecule has 0 spiro atoms. The van der Waals surface area contributed by atoms with E-state index in [-0.39, 0.29) is 0 Å². The van der Waals surface area contributed by atoms with Gasteiger partial charge in [-0.05, 0) is 95.9 Å². The molecule has 0 aliphatic carbocycles. The zero-order chi connectivity index (χ0) is 34.8. The van der Waals surface area contributed by atoms with E-state index in [2.05, 4.69) is 180 Å². The predicted octanol–water partition coefficient (Wildman–Crippen LogP) is 13.5. The van der Waals surface area contributed by atoms with Gasteiger partial charge in [-0.25, -0.2) is 0 Å². The number of allylic oxidation sites excluding steroid dienone is 2. The van der Waals surface area contributed by atoms with Crippen LogP contribution >= 0.6 is 0 Å². The molecule has 3 heteroatoms. The van der Waals surface area contributed by atoms with E-state index in [0.717, 1.165) is 39.0 Å². The lowest BCUT2D eigenvalue weighted by Crippen LogP contribution is -1.94. The van der Waals surface area contributed by atoms with Crippen molar-refractivity contribution in [2.75, 3.05) is 0 Å². The van der Waals surface area contributed by atoms with Gasteiger partial charge in [0.05, 0.1) is 27.8 Å². The van der Waals surface area contributed by atoms with Gasteiger partial charge < -0.3 is 13.6 Å². The van der Waals surface area contributed by atoms with E-state index in [4.69, 9.17) is 4.42 Å². The molecule has 3 aromatic heterocycles. The number of para-hydroxylation sites is 4. The van der Waals surface area contributed by atoms with Crippen molar-refractivity contribution in [1.29, 1.82) is 0 Å². The molecule has 52 heavy (non-hydrogen) atoms. The van der Waals surface area contributed by atoms with Crippen molar-refractivity contribution < 1.29 is 4.42 Å². The summed E-state index contributed by atoms with van der Waals surface area (Å²) in [5, 5.41) is 6.04. The number of nitrogens with zero attached hydrogens (tertiary/aromatic N) is 2. The van der Waals surface area contributed by atoms with Gasteiger partial charge in [0.1, 0.15) is 5.76 Å². The monoisotopic (exact) mass is 666 g/mol. The second kappa shape index (κ2) is 11.9. The van der Waals surface area contributed by atoms with E-state index >= 15 is 0 Å². The largest absolute Gasteiger partial charge is 0.454 e. The highest BCUT2D eigenvalue weighted by Gasteiger charge is 2.19. The minimum Gasteiger partial charge on any atom is -0.454 e. The van der Waals surface area contributed by atoms with Crippen molar-refractivity contribution in [3.63, 3.8) is 0 Å². The zero-order valence-electron chi connectivity index (χ0n) is 28.8. The van der Waals surface area contributed by atoms with Gasteiger partial charge in [-0.3, -0.25) is 0 Å². The molecule has 0 aliphatic rings. The summed E-state index contributed by atoms with van der Waals surface area (Å²) < 4.78 is 11.2. The van der Waals surface area contributed by atoms with Crippen molar-refractivity contribution in [2.24, 2.45) is 0 Å². The smallest absolute Gasteiger partial charge is 0.159 e. The molecule has 0 saturated heterocycles. The third-order valence-electron chi connectivity index (χ3n) is 10.5. The van der Waals surface area contributed by atoms with Gasteiger partial charge in [0, 0.05) is 38.2 Å². The molecule has 3 nitrogen and oxygen atoms in total. The second-order valence-corrected chi connectivity index (χ2v) is 13.4. The maximum Gasteiger partial charge on any atom is 0.159 e. The summed E-state index contributed by atoms with van der Waals surface area (Å²) in [6.45, 7) is 5.95. The summed E-state index contributed by atoms with van der Waals surface area (Å²) in [4.78, 5) is 0. The fraction of sp³-hybridized carbons (Fsp3) is 0.0204. The van der Waals surface area contributed by atoms with Gasteiger partial charge in [0.25, 0.3) is 0 Å². The quantitative estimate of drug-likeness (QED) is 0.162. The van der Waals surface area contributed by atoms with Crippen LogP contribution in [0.5, 0.6) is 0 Å². The first-order chi connectivity index (χ1) is 25.7. The molecule has 7 aromatic carbocycles. The summed E-state index contributed by atoms with van der Waals surface area (Å²) in [6.07, 6.45) is 5.68. The third-order valence-corrected chi connectivity index (χ3v) is 10.5. The summed E-state index contributed by atoms with van der Waals surface area (Å²) in [5.41, 5.74) is 13.7. The van der Waals surface area contributed by atoms with Crippen LogP contribution < -0.4 is 0 Å². The van der Waals surface area contributed by atoms with Crippen molar-refractivity contribution in [3.8, 4) is 33.6 Å². The molecule has 0 radical (unpaired) electrons. The van der Waals surface area contributed by atoms with E-state index in [0.29, 0.717) is 0 Å². The van der Waals surface area contributed by atoms with Crippen LogP contribution in [0.25, 0.3) is 94.3 Å². The minimum atomic E-state index is 0.853. The SMILES string of the molecule is C=C/C=C\c1oc2c(-n3c4ccccc4c4cc(-c5cccc(-c6ccc7c(c6)c6ccccc6n7-c6ccccc6)c5)ccc43)cccc2c1C. The van der Waals surface area contributed by atoms with Gasteiger partial charge in [0.2, 0.25) is 0 Å². The molecular formula is C49H34N2O. The molecule has 0 fully saturated rings. The molecule has 10 rings (SSSR count). The summed E-state index contributed by atoms with van der Waals surface area (Å²) in [5.74, 6) is 0.853. The van der Waals surface area contributed by atoms with Gasteiger partial charge in [0.15, 0.2) is 5.58 Å². The van der Waals surface area contributed by atoms with E-state index in [9.17, 15) is 0 Å². The standard InChI is InChI=1S/C49H34N2O/c1-3-4-24-48-32(2)38-20-13-23-47(49(38)52-48)51-44-22-11-9-19-40(44)42-31-36(26-28-46(42)51)34-15-12-14-33(29-34)35-25-27-45-41(30-35)39-18-8-10-21-43(39)50(45)37-16-6-5-7-17-37/h3-31H,1H2,2H3/b24-4-. The molecule has 0 atom stereocenters. The molecule has 3 heterocycles. The number of benzene rings is 7. The molecule has 0 aliphatic heterocycles. The number of hydrogen-bond donors (Lipinski definition) is 0. The van der Waals surface area contributed by atoms with Crippen LogP contribution in [-0.4, -0.2) is 9.13 Å². The van der Waals surface area contributed by atoms with E-state index in [1.54, 1.807) is 6.08 Å². The normalized spacial score (nSPS) is 11.9. The molecular weight excluding hydrogens is 633 g/mol. The van der Waals surface area contributed by atoms with Crippen LogP contribution in [0.3, 0.4) is 0 Å². The topological polar surface area (TPSA) is 23.0 Å². The number of rotatable bonds is 6. The number of furan rings is 1. The summed E-state index contributed by atoms with van der Waals surface area (Å²) in [6, 6.07) is 57.1. The van der Waals surface area contributed by atoms with Crippen LogP contribution in [0.1, 0.15) is 11.3 Å². The van der Waals surface area contributed by atoms with Crippen molar-refractivity contribution in [2.45, 2.75) is 6.92 Å². The molecule has 246 valence electrons. The van der Waals surface area contributed by atoms with Crippen LogP contribution in [0, 0.1) is 6.92 Å². The van der Waals surface area contributed by atoms with Gasteiger partial charge >= 0.3 is 0 Å². The summed E-state index contributed by atoms with van der Waals surface area (Å²) in [7, 11) is 0. The Bertz CT molecular complexity index is 3040. The van der Waals surface area contributed by atoms with Crippen LogP contribution in [0.4, 0.5) is 0 Å². The Hall–Kier alpha value is -6.84. The zero-order valence-corrected chi connectivity index (χ0v) is 28.8. The average molecular weight is 667 g/mol. The summed E-state index contributed by atoms with van der Waals surface area (Å²) >= 11 is 0. The lowest BCUT2D eigenvalue weighted by atomic mass is 9.97. The molecule has 0 saturated carbocycles. The Morgan fingerprint density at radius 1 is 0.481 bits per heavy atom. The third kappa shape index (κ3) is 4.60. The molecule has 0 bridgehead atoms. The van der Waals surface area contributed by atoms with Gasteiger partial charge in [-0.15, -0.1) is 0 Å². The molecule has 0 amide bonds. The molecule has 0 unspecified atom stereocenters. The Morgan fingerprint density at radius 3 is 1.69 bits per heavy atom. The maximum atomic E-state index is 6.52. The lowest BCUT2D eigenvalue weighted by molar-refractivity contribution is 0.599. The lowest BCUT2D eigenvalue weighted by Gasteiger charge is -2.10. The van der Waals surface area contributed by atoms with Gasteiger partial charge in [-0.1, -0.05) is 116 Å². The highest BCUT2D eigenvalue weighted by Crippen LogP contribution is 2.40. The number of hydrogen-bond acceptors (Lipinski definition) is 1. The fourth-order valence-corrected chi connectivity index (χ4v) is 8.04. The second-order valence-electron chi connectivity index (χ2n) is 13.4. The van der Waals surface area contributed by atoms with Crippen molar-refractivity contribution in [3.05, 3.63) is 188 Å². The Morgan fingerprint density at radius 2 is 1.02 bits per heavy atom. The first-order valence-corrected chi connectivity index (χ1v) is 17.7. The number of aryl methyl sites for hydroxylation is 1. The van der Waals surface area contributed by atoms with E-state index in [1.807, 2.05) is 12.2 Å². The highest BCUT2D eigenvalue weighted by molar-refractivity contribution is 6.12. The number of aromatic nitrogens is 2. The Balaban J connectivity index is 1.10. The Kier molecular flexibility index (Phi) is 6.87. The first-order valence-electron chi connectivity index (χ1n) is 17.7. The van der Waals surface area contributed by atoms with Crippen LogP contribution in [-0.2, 0) is 0 Å². The van der Waals surface area contributed by atoms with Crippen molar-refractivity contribution >= 4 is 60.7 Å². The van der Waals surface area contributed by atoms with Crippen molar-refractivity contribution in [1.82, 2.24) is 9.13 Å². The van der Waals surface area contributed by atoms with E-state index in [1.165, 1.54) is 60.5 Å². The molecule has 0 N–H and O–H groups in total. The van der Waals surface area contributed by atoms with E-state index < -0.39 is 0 Å². The van der Waals surface area contributed by atoms with Crippen LogP contribution in [0.15, 0.2) is 181 Å². The van der Waals surface area contributed by atoms with Gasteiger partial charge in [-0.2, -0.15) is 0 Å². The fourth-order valence-electron chi connectivity index (χ4n) is 8.04. The molecule has 10 aromatic rings. The van der Waals surface area contributed by atoms with Crippen LogP contribution in [0.2, 0.25) is 0 Å². The Labute approximate surface area is 301 Å². The highest BCUT2D eigenvalue weighted by atomic mass is 16.3. The maximum absolute atomic E-state index is 6.52. The number of fused-ring (bicyclic) bond motifs is 7. The minimum absolute atomic E-state index is 0.853. The predicted molar refractivity (Wildman–Crippen MR) is 220 cm³/mol. The average Bonchev–Trinajstić information content (AvgIpc) is 3.83. The first kappa shape index (κ1) is 30.0.